The van der Waals surface area contributed by atoms with Crippen LogP contribution < -0.4 is 5.32 Å². The van der Waals surface area contributed by atoms with Crippen molar-refractivity contribution in [3.05, 3.63) is 71.8 Å². The number of hydrogen-bond acceptors (Lipinski definition) is 3. The van der Waals surface area contributed by atoms with Crippen LogP contribution in [0.2, 0.25) is 0 Å². The summed E-state index contributed by atoms with van der Waals surface area (Å²) < 4.78 is 5.63. The van der Waals surface area contributed by atoms with Gasteiger partial charge in [0.15, 0.2) is 0 Å². The molecule has 5 nitrogen and oxygen atoms in total. The van der Waals surface area contributed by atoms with E-state index in [2.05, 4.69) is 29.6 Å². The van der Waals surface area contributed by atoms with E-state index in [0.717, 1.165) is 25.7 Å². The fourth-order valence-electron chi connectivity index (χ4n) is 4.57. The smallest absolute Gasteiger partial charge is 0.407 e. The van der Waals surface area contributed by atoms with Crippen LogP contribution in [0.5, 0.6) is 0 Å². The highest BCUT2D eigenvalue weighted by Gasteiger charge is 2.30. The fourth-order valence-corrected chi connectivity index (χ4v) is 4.57. The molecule has 0 radical (unpaired) electrons. The number of nitrogens with one attached hydrogen (secondary N) is 1. The first-order chi connectivity index (χ1) is 14.1. The zero-order chi connectivity index (χ0) is 20.2. The predicted octanol–water partition coefficient (Wildman–Crippen LogP) is 4.72. The molecule has 0 bridgehead atoms. The quantitative estimate of drug-likeness (QED) is 0.723. The monoisotopic (exact) mass is 391 g/mol. The van der Waals surface area contributed by atoms with Crippen molar-refractivity contribution in [2.75, 3.05) is 6.61 Å². The van der Waals surface area contributed by atoms with E-state index in [4.69, 9.17) is 9.84 Å². The Balaban J connectivity index is 1.41. The van der Waals surface area contributed by atoms with Crippen LogP contribution in [-0.2, 0) is 9.53 Å². The van der Waals surface area contributed by atoms with Gasteiger partial charge < -0.3 is 15.2 Å². The molecule has 0 saturated heterocycles. The Hall–Kier alpha value is -3.08. The molecule has 2 aliphatic rings. The second-order valence-corrected chi connectivity index (χ2v) is 7.72. The van der Waals surface area contributed by atoms with Gasteiger partial charge in [-0.25, -0.2) is 9.59 Å². The molecule has 0 spiro atoms. The summed E-state index contributed by atoms with van der Waals surface area (Å²) in [7, 11) is 0. The summed E-state index contributed by atoms with van der Waals surface area (Å²) in [5.41, 5.74) is 4.76. The average Bonchev–Trinajstić information content (AvgIpc) is 3.05. The lowest BCUT2D eigenvalue weighted by Gasteiger charge is -2.30. The standard InChI is InChI=1S/C24H25NO4/c26-23(27)14-13-16-7-1-6-12-22(16)25-24(28)29-15-21-19-10-4-2-8-17(19)18-9-3-5-11-20(18)21/h2-5,8-11,13-14,16,21-22H,1,6-7,12,15H2,(H,25,28)(H,26,27)/b14-13+/t16-,22-/m0/s1. The normalized spacial score (nSPS) is 20.8. The molecule has 2 aromatic rings. The minimum absolute atomic E-state index is 0.0281. The van der Waals surface area contributed by atoms with Gasteiger partial charge in [0, 0.05) is 18.0 Å². The van der Waals surface area contributed by atoms with Gasteiger partial charge in [-0.3, -0.25) is 0 Å². The largest absolute Gasteiger partial charge is 0.478 e. The maximum atomic E-state index is 12.5. The molecule has 4 rings (SSSR count). The third-order valence-electron chi connectivity index (χ3n) is 5.95. The van der Waals surface area contributed by atoms with E-state index in [1.54, 1.807) is 6.08 Å². The second-order valence-electron chi connectivity index (χ2n) is 7.72. The van der Waals surface area contributed by atoms with Crippen molar-refractivity contribution in [3.63, 3.8) is 0 Å². The lowest BCUT2D eigenvalue weighted by atomic mass is 9.84. The molecule has 0 aliphatic heterocycles. The van der Waals surface area contributed by atoms with Crippen LogP contribution >= 0.6 is 0 Å². The van der Waals surface area contributed by atoms with Gasteiger partial charge in [0.25, 0.3) is 0 Å². The van der Waals surface area contributed by atoms with E-state index in [0.29, 0.717) is 0 Å². The summed E-state index contributed by atoms with van der Waals surface area (Å²) in [5.74, 6) is -0.905. The number of benzene rings is 2. The number of amides is 1. The first kappa shape index (κ1) is 19.2. The molecule has 1 fully saturated rings. The van der Waals surface area contributed by atoms with Crippen molar-refractivity contribution in [3.8, 4) is 11.1 Å². The zero-order valence-corrected chi connectivity index (χ0v) is 16.2. The Labute approximate surface area is 170 Å². The van der Waals surface area contributed by atoms with E-state index in [-0.39, 0.29) is 24.5 Å². The number of carbonyl (C=O) groups is 2. The average molecular weight is 391 g/mol. The first-order valence-electron chi connectivity index (χ1n) is 10.2. The first-order valence-corrected chi connectivity index (χ1v) is 10.2. The highest BCUT2D eigenvalue weighted by molar-refractivity contribution is 5.80. The molecule has 1 amide bonds. The Morgan fingerprint density at radius 1 is 1.00 bits per heavy atom. The van der Waals surface area contributed by atoms with Gasteiger partial charge in [0.1, 0.15) is 6.61 Å². The van der Waals surface area contributed by atoms with Gasteiger partial charge >= 0.3 is 12.1 Å². The molecular weight excluding hydrogens is 366 g/mol. The molecule has 1 saturated carbocycles. The van der Waals surface area contributed by atoms with E-state index < -0.39 is 12.1 Å². The molecule has 2 aliphatic carbocycles. The van der Waals surface area contributed by atoms with Crippen molar-refractivity contribution in [2.24, 2.45) is 5.92 Å². The number of carboxylic acid groups (broad SMARTS) is 1. The summed E-state index contributed by atoms with van der Waals surface area (Å²) >= 11 is 0. The Morgan fingerprint density at radius 2 is 1.62 bits per heavy atom. The highest BCUT2D eigenvalue weighted by atomic mass is 16.5. The van der Waals surface area contributed by atoms with Crippen LogP contribution in [0.1, 0.15) is 42.7 Å². The number of hydrogen-bond donors (Lipinski definition) is 2. The number of alkyl carbamates (subject to hydrolysis) is 1. The molecule has 0 unspecified atom stereocenters. The minimum Gasteiger partial charge on any atom is -0.478 e. The van der Waals surface area contributed by atoms with Crippen molar-refractivity contribution in [2.45, 2.75) is 37.6 Å². The third kappa shape index (κ3) is 4.19. The fraction of sp³-hybridized carbons (Fsp3) is 0.333. The van der Waals surface area contributed by atoms with Gasteiger partial charge in [-0.15, -0.1) is 0 Å². The van der Waals surface area contributed by atoms with Crippen molar-refractivity contribution >= 4 is 12.1 Å². The zero-order valence-electron chi connectivity index (χ0n) is 16.2. The van der Waals surface area contributed by atoms with E-state index in [1.165, 1.54) is 28.3 Å². The van der Waals surface area contributed by atoms with Crippen LogP contribution in [-0.4, -0.2) is 29.8 Å². The number of ether oxygens (including phenoxy) is 1. The second kappa shape index (κ2) is 8.52. The maximum absolute atomic E-state index is 12.5. The number of aliphatic carboxylic acids is 1. The molecule has 29 heavy (non-hydrogen) atoms. The highest BCUT2D eigenvalue weighted by Crippen LogP contribution is 2.44. The Bertz CT molecular complexity index is 890. The number of fused-ring (bicyclic) bond motifs is 3. The molecule has 0 aromatic heterocycles. The van der Waals surface area contributed by atoms with Crippen molar-refractivity contribution < 1.29 is 19.4 Å². The lowest BCUT2D eigenvalue weighted by molar-refractivity contribution is -0.131. The minimum atomic E-state index is -0.963. The molecular formula is C24H25NO4. The molecule has 5 heteroatoms. The summed E-state index contributed by atoms with van der Waals surface area (Å²) in [5, 5.41) is 11.8. The van der Waals surface area contributed by atoms with E-state index in [1.807, 2.05) is 24.3 Å². The summed E-state index contributed by atoms with van der Waals surface area (Å²) in [6.45, 7) is 0.280. The summed E-state index contributed by atoms with van der Waals surface area (Å²) in [6, 6.07) is 16.4. The van der Waals surface area contributed by atoms with Gasteiger partial charge in [-0.1, -0.05) is 67.4 Å². The van der Waals surface area contributed by atoms with Crippen LogP contribution in [0.15, 0.2) is 60.7 Å². The van der Waals surface area contributed by atoms with Crippen LogP contribution in [0.3, 0.4) is 0 Å². The van der Waals surface area contributed by atoms with Gasteiger partial charge in [0.05, 0.1) is 0 Å². The van der Waals surface area contributed by atoms with Crippen LogP contribution in [0, 0.1) is 5.92 Å². The molecule has 2 N–H and O–H groups in total. The Kier molecular flexibility index (Phi) is 5.65. The maximum Gasteiger partial charge on any atom is 0.407 e. The van der Waals surface area contributed by atoms with Crippen LogP contribution in [0.25, 0.3) is 11.1 Å². The lowest BCUT2D eigenvalue weighted by Crippen LogP contribution is -2.42. The van der Waals surface area contributed by atoms with Crippen molar-refractivity contribution in [1.29, 1.82) is 0 Å². The van der Waals surface area contributed by atoms with Crippen molar-refractivity contribution in [1.82, 2.24) is 5.32 Å². The number of carboxylic acids is 1. The number of rotatable bonds is 5. The van der Waals surface area contributed by atoms with Gasteiger partial charge in [0.2, 0.25) is 0 Å². The van der Waals surface area contributed by atoms with Gasteiger partial charge in [-0.2, -0.15) is 0 Å². The number of carbonyl (C=O) groups excluding carboxylic acids is 1. The molecule has 150 valence electrons. The summed E-state index contributed by atoms with van der Waals surface area (Å²) in [4.78, 5) is 23.3. The summed E-state index contributed by atoms with van der Waals surface area (Å²) in [6.07, 6.45) is 6.19. The van der Waals surface area contributed by atoms with E-state index in [9.17, 15) is 9.59 Å². The predicted molar refractivity (Wildman–Crippen MR) is 111 cm³/mol. The molecule has 2 atom stereocenters. The Morgan fingerprint density at radius 3 is 2.28 bits per heavy atom. The third-order valence-corrected chi connectivity index (χ3v) is 5.95. The SMILES string of the molecule is O=C(O)/C=C/[C@@H]1CCCC[C@@H]1NC(=O)OCC1c2ccccc2-c2ccccc21. The molecule has 2 aromatic carbocycles. The molecule has 0 heterocycles. The van der Waals surface area contributed by atoms with E-state index >= 15 is 0 Å². The topological polar surface area (TPSA) is 75.6 Å². The van der Waals surface area contributed by atoms with Gasteiger partial charge in [-0.05, 0) is 41.0 Å². The van der Waals surface area contributed by atoms with Crippen LogP contribution in [0.4, 0.5) is 4.79 Å².